The lowest BCUT2D eigenvalue weighted by Gasteiger charge is -2.13. The Morgan fingerprint density at radius 2 is 1.83 bits per heavy atom. The predicted molar refractivity (Wildman–Crippen MR) is 86.8 cm³/mol. The van der Waals surface area contributed by atoms with E-state index in [1.54, 1.807) is 7.11 Å². The molecular formula is C16H18N4O3. The highest BCUT2D eigenvalue weighted by Gasteiger charge is 2.14. The van der Waals surface area contributed by atoms with Gasteiger partial charge in [0.25, 0.3) is 5.56 Å². The summed E-state index contributed by atoms with van der Waals surface area (Å²) in [5, 5.41) is 12.2. The van der Waals surface area contributed by atoms with E-state index in [0.29, 0.717) is 13.0 Å². The van der Waals surface area contributed by atoms with Crippen LogP contribution in [0.1, 0.15) is 11.1 Å². The molecule has 23 heavy (non-hydrogen) atoms. The molecule has 2 aromatic rings. The van der Waals surface area contributed by atoms with E-state index in [4.69, 9.17) is 4.74 Å². The Bertz CT molecular complexity index is 857. The number of rotatable bonds is 5. The summed E-state index contributed by atoms with van der Waals surface area (Å²) < 4.78 is 7.30. The first kappa shape index (κ1) is 16.4. The summed E-state index contributed by atoms with van der Waals surface area (Å²) in [6.07, 6.45) is 0.679. The second kappa shape index (κ2) is 6.83. The Labute approximate surface area is 133 Å². The number of hydrogen-bond donors (Lipinski definition) is 1. The third-order valence-corrected chi connectivity index (χ3v) is 3.64. The van der Waals surface area contributed by atoms with E-state index in [1.165, 1.54) is 18.7 Å². The van der Waals surface area contributed by atoms with Gasteiger partial charge in [0.1, 0.15) is 17.6 Å². The van der Waals surface area contributed by atoms with Crippen LogP contribution < -0.4 is 21.3 Å². The SMILES string of the molecule is COc1ccc(CCNc2c(C#N)c(=O)n(C)c(=O)n2C)cc1. The Morgan fingerprint density at radius 1 is 1.17 bits per heavy atom. The highest BCUT2D eigenvalue weighted by atomic mass is 16.5. The summed E-state index contributed by atoms with van der Waals surface area (Å²) in [7, 11) is 4.49. The Balaban J connectivity index is 2.19. The van der Waals surface area contributed by atoms with Crippen molar-refractivity contribution in [2.75, 3.05) is 19.0 Å². The first-order valence-corrected chi connectivity index (χ1v) is 7.06. The van der Waals surface area contributed by atoms with Crippen LogP contribution in [-0.4, -0.2) is 22.8 Å². The molecule has 0 spiro atoms. The normalized spacial score (nSPS) is 10.2. The van der Waals surface area contributed by atoms with Crippen LogP contribution in [0.4, 0.5) is 5.82 Å². The van der Waals surface area contributed by atoms with E-state index in [9.17, 15) is 14.9 Å². The van der Waals surface area contributed by atoms with E-state index < -0.39 is 11.2 Å². The molecule has 0 aliphatic rings. The van der Waals surface area contributed by atoms with E-state index in [-0.39, 0.29) is 11.4 Å². The van der Waals surface area contributed by atoms with Crippen LogP contribution in [0, 0.1) is 11.3 Å². The van der Waals surface area contributed by atoms with Crippen molar-refractivity contribution in [3.8, 4) is 11.8 Å². The maximum absolute atomic E-state index is 12.0. The minimum absolute atomic E-state index is 0.0654. The number of nitrogens with one attached hydrogen (secondary N) is 1. The van der Waals surface area contributed by atoms with E-state index in [1.807, 2.05) is 30.3 Å². The monoisotopic (exact) mass is 314 g/mol. The molecule has 0 unspecified atom stereocenters. The molecule has 0 amide bonds. The number of aromatic nitrogens is 2. The number of benzene rings is 1. The van der Waals surface area contributed by atoms with Gasteiger partial charge in [-0.2, -0.15) is 5.26 Å². The highest BCUT2D eigenvalue weighted by Crippen LogP contribution is 2.12. The number of nitriles is 1. The smallest absolute Gasteiger partial charge is 0.332 e. The zero-order valence-corrected chi connectivity index (χ0v) is 13.3. The molecule has 0 saturated heterocycles. The van der Waals surface area contributed by atoms with Crippen molar-refractivity contribution >= 4 is 5.82 Å². The van der Waals surface area contributed by atoms with Crippen LogP contribution in [0.5, 0.6) is 5.75 Å². The third-order valence-electron chi connectivity index (χ3n) is 3.64. The van der Waals surface area contributed by atoms with Gasteiger partial charge in [0.15, 0.2) is 5.56 Å². The van der Waals surface area contributed by atoms with Crippen LogP contribution in [-0.2, 0) is 20.5 Å². The Morgan fingerprint density at radius 3 is 2.39 bits per heavy atom. The molecule has 7 heteroatoms. The molecule has 0 bridgehead atoms. The van der Waals surface area contributed by atoms with Crippen molar-refractivity contribution < 1.29 is 4.74 Å². The average Bonchev–Trinajstić information content (AvgIpc) is 2.58. The molecule has 0 atom stereocenters. The molecule has 7 nitrogen and oxygen atoms in total. The van der Waals surface area contributed by atoms with Crippen LogP contribution in [0.3, 0.4) is 0 Å². The average molecular weight is 314 g/mol. The van der Waals surface area contributed by atoms with Crippen LogP contribution >= 0.6 is 0 Å². The Kier molecular flexibility index (Phi) is 4.86. The van der Waals surface area contributed by atoms with Crippen molar-refractivity contribution in [3.63, 3.8) is 0 Å². The number of ether oxygens (including phenoxy) is 1. The topological polar surface area (TPSA) is 89.1 Å². The first-order valence-electron chi connectivity index (χ1n) is 7.06. The third kappa shape index (κ3) is 3.26. The fraction of sp³-hybridized carbons (Fsp3) is 0.312. The van der Waals surface area contributed by atoms with E-state index in [0.717, 1.165) is 15.9 Å². The lowest BCUT2D eigenvalue weighted by atomic mass is 10.1. The second-order valence-electron chi connectivity index (χ2n) is 5.07. The number of methoxy groups -OCH3 is 1. The standard InChI is InChI=1S/C16H18N4O3/c1-19-14(13(10-17)15(21)20(2)16(19)22)18-9-8-11-4-6-12(23-3)7-5-11/h4-7,18H,8-9H2,1-3H3. The highest BCUT2D eigenvalue weighted by molar-refractivity contribution is 5.51. The molecule has 0 fully saturated rings. The van der Waals surface area contributed by atoms with Gasteiger partial charge in [0, 0.05) is 20.6 Å². The molecule has 1 aromatic carbocycles. The van der Waals surface area contributed by atoms with Gasteiger partial charge in [-0.3, -0.25) is 13.9 Å². The van der Waals surface area contributed by atoms with Crippen molar-refractivity contribution in [2.45, 2.75) is 6.42 Å². The fourth-order valence-corrected chi connectivity index (χ4v) is 2.27. The molecule has 0 radical (unpaired) electrons. The van der Waals surface area contributed by atoms with Gasteiger partial charge in [-0.25, -0.2) is 4.79 Å². The molecular weight excluding hydrogens is 296 g/mol. The Hall–Kier alpha value is -3.01. The maximum atomic E-state index is 12.0. The van der Waals surface area contributed by atoms with Gasteiger partial charge < -0.3 is 10.1 Å². The number of anilines is 1. The molecule has 120 valence electrons. The maximum Gasteiger partial charge on any atom is 0.332 e. The van der Waals surface area contributed by atoms with Crippen LogP contribution in [0.2, 0.25) is 0 Å². The van der Waals surface area contributed by atoms with E-state index in [2.05, 4.69) is 5.32 Å². The summed E-state index contributed by atoms with van der Waals surface area (Å²) >= 11 is 0. The van der Waals surface area contributed by atoms with Crippen molar-refractivity contribution in [2.24, 2.45) is 14.1 Å². The second-order valence-corrected chi connectivity index (χ2v) is 5.07. The van der Waals surface area contributed by atoms with Gasteiger partial charge in [-0.15, -0.1) is 0 Å². The van der Waals surface area contributed by atoms with Gasteiger partial charge >= 0.3 is 5.69 Å². The predicted octanol–water partition coefficient (Wildman–Crippen LogP) is 0.619. The van der Waals surface area contributed by atoms with E-state index >= 15 is 0 Å². The molecule has 0 saturated carbocycles. The molecule has 1 heterocycles. The zero-order valence-electron chi connectivity index (χ0n) is 13.3. The quantitative estimate of drug-likeness (QED) is 0.874. The van der Waals surface area contributed by atoms with Crippen molar-refractivity contribution in [1.29, 1.82) is 5.26 Å². The van der Waals surface area contributed by atoms with Gasteiger partial charge in [0.05, 0.1) is 7.11 Å². The minimum atomic E-state index is -0.595. The lowest BCUT2D eigenvalue weighted by Crippen LogP contribution is -2.40. The molecule has 1 aromatic heterocycles. The van der Waals surface area contributed by atoms with Gasteiger partial charge in [-0.05, 0) is 24.1 Å². The summed E-state index contributed by atoms with van der Waals surface area (Å²) in [4.78, 5) is 23.9. The van der Waals surface area contributed by atoms with Crippen LogP contribution in [0.25, 0.3) is 0 Å². The van der Waals surface area contributed by atoms with Crippen molar-refractivity contribution in [1.82, 2.24) is 9.13 Å². The summed E-state index contributed by atoms with van der Waals surface area (Å²) in [6, 6.07) is 9.47. The fourth-order valence-electron chi connectivity index (χ4n) is 2.27. The molecule has 2 rings (SSSR count). The molecule has 0 aliphatic heterocycles. The minimum Gasteiger partial charge on any atom is -0.497 e. The lowest BCUT2D eigenvalue weighted by molar-refractivity contribution is 0.414. The summed E-state index contributed by atoms with van der Waals surface area (Å²) in [6.45, 7) is 0.488. The molecule has 0 aliphatic carbocycles. The summed E-state index contributed by atoms with van der Waals surface area (Å²) in [5.74, 6) is 1.02. The summed E-state index contributed by atoms with van der Waals surface area (Å²) in [5.41, 5.74) is -0.0570. The zero-order chi connectivity index (χ0) is 17.0. The number of nitrogens with zero attached hydrogens (tertiary/aromatic N) is 3. The van der Waals surface area contributed by atoms with Crippen LogP contribution in [0.15, 0.2) is 33.9 Å². The largest absolute Gasteiger partial charge is 0.497 e. The number of hydrogen-bond acceptors (Lipinski definition) is 5. The first-order chi connectivity index (χ1) is 11.0. The van der Waals surface area contributed by atoms with Gasteiger partial charge in [0.2, 0.25) is 0 Å². The van der Waals surface area contributed by atoms with Gasteiger partial charge in [-0.1, -0.05) is 12.1 Å². The molecule has 1 N–H and O–H groups in total. The van der Waals surface area contributed by atoms with Crippen molar-refractivity contribution in [3.05, 3.63) is 56.2 Å².